The molecule has 19 heteroatoms. The number of hydrogen-bond donors (Lipinski definition) is 12. The highest BCUT2D eigenvalue weighted by molar-refractivity contribution is 5.76. The van der Waals surface area contributed by atoms with Crippen molar-refractivity contribution in [3.05, 3.63) is 48.6 Å². The maximum absolute atomic E-state index is 13.3. The highest BCUT2D eigenvalue weighted by atomic mass is 16.8. The molecule has 3 saturated heterocycles. The van der Waals surface area contributed by atoms with Crippen molar-refractivity contribution < 1.29 is 89.4 Å². The molecule has 12 N–H and O–H groups in total. The lowest BCUT2D eigenvalue weighted by Gasteiger charge is -2.48. The SMILES string of the molecule is CCCCCCC/C=C\C/C=C\C/C=C\CCCCCCCCC(=O)NC(COC1OC(CO)C(OC2OC(CO)C(OC3OC(CO)C(O)C(O)C3O)C(O)C2O)C(O)C1O)C(O)/C=C/CCCCCCCCCCCCCC. The molecule has 3 rings (SSSR count). The molecule has 466 valence electrons. The van der Waals surface area contributed by atoms with Crippen molar-refractivity contribution in [3.8, 4) is 0 Å². The number of allylic oxidation sites excluding steroid dienone is 7. The molecule has 0 aromatic carbocycles. The number of unbranched alkanes of at least 4 members (excludes halogenated alkanes) is 23. The molecule has 0 aliphatic carbocycles. The standard InChI is InChI=1S/C61H109NO18/c1-3-5-7-9-11-13-15-17-19-20-21-22-23-24-25-27-29-31-33-35-37-39-49(67)62-44(45(66)38-36-34-32-30-28-26-18-16-14-12-10-8-6-4-2)43-75-59-55(73)52(70)57(47(41-64)77-59)80-61-56(74)53(71)58(48(42-65)78-61)79-60-54(72)51(69)50(68)46(40-63)76-60/h15,17,20-21,23-24,36,38,44-48,50-61,63-66,68-74H,3-14,16,18-19,22,25-35,37,39-43H2,1-2H3,(H,62,67)/b17-15-,21-20-,24-23-,38-36+. The van der Waals surface area contributed by atoms with Crippen LogP contribution in [0.5, 0.6) is 0 Å². The number of aliphatic hydroxyl groups excluding tert-OH is 11. The first-order valence-electron chi connectivity index (χ1n) is 30.9. The van der Waals surface area contributed by atoms with E-state index in [0.29, 0.717) is 6.42 Å². The summed E-state index contributed by atoms with van der Waals surface area (Å²) in [5, 5.41) is 120. The summed E-state index contributed by atoms with van der Waals surface area (Å²) in [5.74, 6) is -0.290. The zero-order valence-electron chi connectivity index (χ0n) is 48.5. The quantitative estimate of drug-likeness (QED) is 0.0250. The van der Waals surface area contributed by atoms with Gasteiger partial charge in [0.05, 0.1) is 38.6 Å². The van der Waals surface area contributed by atoms with E-state index < -0.39 is 124 Å². The maximum atomic E-state index is 13.3. The minimum absolute atomic E-state index is 0.227. The molecule has 17 atom stereocenters. The van der Waals surface area contributed by atoms with Gasteiger partial charge in [0.15, 0.2) is 18.9 Å². The number of rotatable bonds is 45. The third-order valence-electron chi connectivity index (χ3n) is 15.4. The van der Waals surface area contributed by atoms with E-state index in [0.717, 1.165) is 77.0 Å². The Balaban J connectivity index is 1.49. The van der Waals surface area contributed by atoms with Gasteiger partial charge in [-0.25, -0.2) is 0 Å². The summed E-state index contributed by atoms with van der Waals surface area (Å²) < 4.78 is 34.2. The normalized spacial score (nSPS) is 30.3. The van der Waals surface area contributed by atoms with Crippen LogP contribution in [0.4, 0.5) is 0 Å². The van der Waals surface area contributed by atoms with Crippen LogP contribution in [-0.2, 0) is 33.2 Å². The number of aliphatic hydroxyl groups is 11. The first-order valence-corrected chi connectivity index (χ1v) is 30.9. The second kappa shape index (κ2) is 44.3. The van der Waals surface area contributed by atoms with E-state index in [4.69, 9.17) is 28.4 Å². The van der Waals surface area contributed by atoms with Gasteiger partial charge < -0.3 is 89.9 Å². The van der Waals surface area contributed by atoms with Crippen molar-refractivity contribution in [2.45, 2.75) is 304 Å². The summed E-state index contributed by atoms with van der Waals surface area (Å²) in [4.78, 5) is 13.3. The maximum Gasteiger partial charge on any atom is 0.220 e. The Morgan fingerprint density at radius 2 is 0.825 bits per heavy atom. The van der Waals surface area contributed by atoms with Gasteiger partial charge in [0.2, 0.25) is 5.91 Å². The van der Waals surface area contributed by atoms with Gasteiger partial charge in [-0.05, 0) is 57.8 Å². The van der Waals surface area contributed by atoms with Crippen molar-refractivity contribution in [2.75, 3.05) is 26.4 Å². The predicted octanol–water partition coefficient (Wildman–Crippen LogP) is 5.87. The van der Waals surface area contributed by atoms with Crippen LogP contribution in [0.1, 0.15) is 200 Å². The van der Waals surface area contributed by atoms with Gasteiger partial charge in [-0.1, -0.05) is 184 Å². The van der Waals surface area contributed by atoms with Crippen molar-refractivity contribution >= 4 is 5.91 Å². The zero-order valence-corrected chi connectivity index (χ0v) is 48.5. The predicted molar refractivity (Wildman–Crippen MR) is 305 cm³/mol. The lowest BCUT2D eigenvalue weighted by Crippen LogP contribution is -2.66. The van der Waals surface area contributed by atoms with Crippen LogP contribution in [0.2, 0.25) is 0 Å². The molecule has 0 saturated carbocycles. The van der Waals surface area contributed by atoms with E-state index in [-0.39, 0.29) is 18.9 Å². The van der Waals surface area contributed by atoms with E-state index >= 15 is 0 Å². The third kappa shape index (κ3) is 27.6. The Labute approximate surface area is 478 Å². The minimum atomic E-state index is -1.98. The minimum Gasteiger partial charge on any atom is -0.394 e. The first-order chi connectivity index (χ1) is 38.8. The van der Waals surface area contributed by atoms with Gasteiger partial charge in [-0.3, -0.25) is 4.79 Å². The van der Waals surface area contributed by atoms with Crippen LogP contribution >= 0.6 is 0 Å². The molecule has 17 unspecified atom stereocenters. The molecule has 3 heterocycles. The molecule has 0 radical (unpaired) electrons. The van der Waals surface area contributed by atoms with Crippen molar-refractivity contribution in [2.24, 2.45) is 0 Å². The topological polar surface area (TPSA) is 307 Å². The van der Waals surface area contributed by atoms with Crippen molar-refractivity contribution in [1.29, 1.82) is 0 Å². The summed E-state index contributed by atoms with van der Waals surface area (Å²) in [7, 11) is 0. The molecule has 3 aliphatic heterocycles. The molecular formula is C61H109NO18. The Hall–Kier alpha value is -2.25. The number of nitrogens with one attached hydrogen (secondary N) is 1. The highest BCUT2D eigenvalue weighted by Gasteiger charge is 2.53. The molecule has 19 nitrogen and oxygen atoms in total. The van der Waals surface area contributed by atoms with Crippen LogP contribution < -0.4 is 5.32 Å². The number of carbonyl (C=O) groups is 1. The summed E-state index contributed by atoms with van der Waals surface area (Å²) >= 11 is 0. The molecule has 0 aromatic heterocycles. The van der Waals surface area contributed by atoms with Crippen molar-refractivity contribution in [3.63, 3.8) is 0 Å². The van der Waals surface area contributed by atoms with E-state index in [1.54, 1.807) is 6.08 Å². The summed E-state index contributed by atoms with van der Waals surface area (Å²) in [6, 6.07) is -0.980. The lowest BCUT2D eigenvalue weighted by molar-refractivity contribution is -0.379. The van der Waals surface area contributed by atoms with Gasteiger partial charge in [-0.15, -0.1) is 0 Å². The molecule has 1 amide bonds. The van der Waals surface area contributed by atoms with Gasteiger partial charge in [0, 0.05) is 6.42 Å². The third-order valence-corrected chi connectivity index (χ3v) is 15.4. The molecule has 0 spiro atoms. The number of carbonyl (C=O) groups excluding carboxylic acids is 1. The monoisotopic (exact) mass is 1140 g/mol. The van der Waals surface area contributed by atoms with Crippen LogP contribution in [0.3, 0.4) is 0 Å². The average Bonchev–Trinajstić information content (AvgIpc) is 3.45. The van der Waals surface area contributed by atoms with Gasteiger partial charge in [-0.2, -0.15) is 0 Å². The van der Waals surface area contributed by atoms with Crippen LogP contribution in [-0.4, -0.2) is 193 Å². The van der Waals surface area contributed by atoms with E-state index in [9.17, 15) is 61.0 Å². The van der Waals surface area contributed by atoms with Gasteiger partial charge in [0.25, 0.3) is 0 Å². The lowest BCUT2D eigenvalue weighted by atomic mass is 9.96. The van der Waals surface area contributed by atoms with Crippen LogP contribution in [0, 0.1) is 0 Å². The van der Waals surface area contributed by atoms with E-state index in [1.165, 1.54) is 96.3 Å². The summed E-state index contributed by atoms with van der Waals surface area (Å²) in [6.45, 7) is 1.69. The molecule has 3 fully saturated rings. The molecule has 0 aromatic rings. The van der Waals surface area contributed by atoms with Gasteiger partial charge >= 0.3 is 0 Å². The number of hydrogen-bond acceptors (Lipinski definition) is 18. The Kier molecular flexibility index (Phi) is 39.8. The largest absolute Gasteiger partial charge is 0.394 e. The summed E-state index contributed by atoms with van der Waals surface area (Å²) in [5.41, 5.74) is 0. The Morgan fingerprint density at radius 3 is 1.29 bits per heavy atom. The molecule has 0 bridgehead atoms. The zero-order chi connectivity index (χ0) is 58.3. The van der Waals surface area contributed by atoms with Crippen LogP contribution in [0.15, 0.2) is 48.6 Å². The second-order valence-corrected chi connectivity index (χ2v) is 22.2. The molecular weight excluding hydrogens is 1030 g/mol. The first kappa shape index (κ1) is 72.0. The summed E-state index contributed by atoms with van der Waals surface area (Å²) in [6.07, 6.45) is 22.3. The fourth-order valence-corrected chi connectivity index (χ4v) is 10.3. The Morgan fingerprint density at radius 1 is 0.450 bits per heavy atom. The Bertz CT molecular complexity index is 1650. The highest BCUT2D eigenvalue weighted by Crippen LogP contribution is 2.33. The van der Waals surface area contributed by atoms with Gasteiger partial charge in [0.1, 0.15) is 73.2 Å². The van der Waals surface area contributed by atoms with Crippen LogP contribution in [0.25, 0.3) is 0 Å². The fraction of sp³-hybridized carbons (Fsp3) is 0.852. The fourth-order valence-electron chi connectivity index (χ4n) is 10.3. The second-order valence-electron chi connectivity index (χ2n) is 22.2. The van der Waals surface area contributed by atoms with Crippen molar-refractivity contribution in [1.82, 2.24) is 5.32 Å². The smallest absolute Gasteiger partial charge is 0.220 e. The molecule has 80 heavy (non-hydrogen) atoms. The van der Waals surface area contributed by atoms with E-state index in [2.05, 4.69) is 55.6 Å². The van der Waals surface area contributed by atoms with E-state index in [1.807, 2.05) is 6.08 Å². The number of ether oxygens (including phenoxy) is 6. The number of amides is 1. The average molecular weight is 1140 g/mol. The molecule has 3 aliphatic rings.